The van der Waals surface area contributed by atoms with E-state index in [1.165, 1.54) is 0 Å². The highest BCUT2D eigenvalue weighted by Gasteiger charge is 2.16. The van der Waals surface area contributed by atoms with Gasteiger partial charge in [0.25, 0.3) is 0 Å². The quantitative estimate of drug-likeness (QED) is 0.325. The van der Waals surface area contributed by atoms with Crippen LogP contribution < -0.4 is 5.46 Å². The van der Waals surface area contributed by atoms with Gasteiger partial charge in [0.15, 0.2) is 17.5 Å². The molecule has 0 saturated carbocycles. The highest BCUT2D eigenvalue weighted by molar-refractivity contribution is 6.62. The largest absolute Gasteiger partial charge is 0.489 e. The van der Waals surface area contributed by atoms with E-state index < -0.39 is 7.12 Å². The lowest BCUT2D eigenvalue weighted by Crippen LogP contribution is -2.30. The summed E-state index contributed by atoms with van der Waals surface area (Å²) < 4.78 is 0. The molecule has 6 aromatic rings. The lowest BCUT2D eigenvalue weighted by molar-refractivity contribution is 0.426. The molecule has 0 unspecified atom stereocenters. The van der Waals surface area contributed by atoms with Gasteiger partial charge in [0.2, 0.25) is 0 Å². The first-order valence-corrected chi connectivity index (χ1v) is 12.0. The lowest BCUT2D eigenvalue weighted by atomic mass is 9.77. The minimum atomic E-state index is -1.54. The second-order valence-corrected chi connectivity index (χ2v) is 8.78. The molecule has 0 aliphatic carbocycles. The molecule has 0 radical (unpaired) electrons. The van der Waals surface area contributed by atoms with Gasteiger partial charge in [-0.25, -0.2) is 15.0 Å². The minimum absolute atomic E-state index is 0.461. The molecule has 5 aromatic carbocycles. The zero-order valence-corrected chi connectivity index (χ0v) is 19.9. The van der Waals surface area contributed by atoms with Gasteiger partial charge < -0.3 is 10.0 Å². The van der Waals surface area contributed by atoms with Gasteiger partial charge in [0.1, 0.15) is 0 Å². The number of hydrogen-bond donors (Lipinski definition) is 2. The normalized spacial score (nSPS) is 11.0. The van der Waals surface area contributed by atoms with E-state index in [2.05, 4.69) is 24.3 Å². The van der Waals surface area contributed by atoms with Crippen molar-refractivity contribution in [3.8, 4) is 45.3 Å². The van der Waals surface area contributed by atoms with Crippen molar-refractivity contribution >= 4 is 23.4 Å². The van der Waals surface area contributed by atoms with Crippen LogP contribution in [0, 0.1) is 0 Å². The van der Waals surface area contributed by atoms with Crippen molar-refractivity contribution in [2.75, 3.05) is 0 Å². The molecule has 0 fully saturated rings. The van der Waals surface area contributed by atoms with Gasteiger partial charge in [-0.3, -0.25) is 0 Å². The number of hydrogen-bond acceptors (Lipinski definition) is 5. The number of nitrogens with zero attached hydrogens (tertiary/aromatic N) is 3. The number of benzene rings is 5. The summed E-state index contributed by atoms with van der Waals surface area (Å²) in [4.78, 5) is 14.5. The summed E-state index contributed by atoms with van der Waals surface area (Å²) in [5, 5.41) is 21.2. The van der Waals surface area contributed by atoms with E-state index in [0.717, 1.165) is 38.6 Å². The Bertz CT molecular complexity index is 1710. The van der Waals surface area contributed by atoms with E-state index in [0.29, 0.717) is 22.9 Å². The maximum Gasteiger partial charge on any atom is 0.489 e. The average Bonchev–Trinajstić information content (AvgIpc) is 2.97. The Morgan fingerprint density at radius 2 is 0.973 bits per heavy atom. The second-order valence-electron chi connectivity index (χ2n) is 8.78. The Hall–Kier alpha value is -4.65. The summed E-state index contributed by atoms with van der Waals surface area (Å²) in [6, 6.07) is 39.5. The molecule has 0 aliphatic rings. The van der Waals surface area contributed by atoms with Gasteiger partial charge in [-0.05, 0) is 39.5 Å². The summed E-state index contributed by atoms with van der Waals surface area (Å²) in [7, 11) is -1.54. The van der Waals surface area contributed by atoms with Gasteiger partial charge in [0.05, 0.1) is 0 Å². The molecular weight excluding hydrogens is 457 g/mol. The van der Waals surface area contributed by atoms with E-state index in [-0.39, 0.29) is 0 Å². The van der Waals surface area contributed by atoms with Crippen LogP contribution in [0.3, 0.4) is 0 Å². The van der Waals surface area contributed by atoms with Crippen LogP contribution in [-0.4, -0.2) is 32.1 Å². The van der Waals surface area contributed by atoms with Crippen molar-refractivity contribution in [2.45, 2.75) is 0 Å². The highest BCUT2D eigenvalue weighted by Crippen LogP contribution is 2.29. The van der Waals surface area contributed by atoms with Gasteiger partial charge in [0, 0.05) is 16.7 Å². The molecule has 0 atom stereocenters. The third kappa shape index (κ3) is 4.63. The van der Waals surface area contributed by atoms with Crippen LogP contribution >= 0.6 is 0 Å². The zero-order valence-electron chi connectivity index (χ0n) is 19.9. The van der Waals surface area contributed by atoms with Crippen molar-refractivity contribution < 1.29 is 10.0 Å². The van der Waals surface area contributed by atoms with E-state index in [9.17, 15) is 10.0 Å². The number of rotatable bonds is 5. The molecule has 0 amide bonds. The predicted octanol–water partition coefficient (Wildman–Crippen LogP) is 5.37. The molecule has 176 valence electrons. The molecule has 0 bridgehead atoms. The van der Waals surface area contributed by atoms with Crippen LogP contribution in [0.2, 0.25) is 0 Å². The summed E-state index contributed by atoms with van der Waals surface area (Å²) >= 11 is 0. The Labute approximate surface area is 214 Å². The number of aromatic nitrogens is 3. The zero-order chi connectivity index (χ0) is 25.2. The Balaban J connectivity index is 1.51. The molecule has 6 rings (SSSR count). The molecule has 0 aliphatic heterocycles. The van der Waals surface area contributed by atoms with E-state index in [1.54, 1.807) is 6.07 Å². The fourth-order valence-electron chi connectivity index (χ4n) is 4.49. The van der Waals surface area contributed by atoms with Crippen molar-refractivity contribution in [3.05, 3.63) is 121 Å². The average molecular weight is 479 g/mol. The van der Waals surface area contributed by atoms with Crippen molar-refractivity contribution in [1.29, 1.82) is 0 Å². The van der Waals surface area contributed by atoms with Gasteiger partial charge in [-0.15, -0.1) is 0 Å². The van der Waals surface area contributed by atoms with Crippen LogP contribution in [0.1, 0.15) is 0 Å². The Morgan fingerprint density at radius 1 is 0.432 bits per heavy atom. The summed E-state index contributed by atoms with van der Waals surface area (Å²) in [6.45, 7) is 0. The van der Waals surface area contributed by atoms with Crippen LogP contribution in [0.15, 0.2) is 121 Å². The number of fused-ring (bicyclic) bond motifs is 1. The fraction of sp³-hybridized carbons (Fsp3) is 0. The molecular formula is C31H22BN3O2. The Kier molecular flexibility index (Phi) is 6.02. The third-order valence-electron chi connectivity index (χ3n) is 6.35. The summed E-state index contributed by atoms with van der Waals surface area (Å²) in [5.41, 5.74) is 5.28. The monoisotopic (exact) mass is 479 g/mol. The van der Waals surface area contributed by atoms with Crippen LogP contribution in [0.4, 0.5) is 0 Å². The SMILES string of the molecule is OB(O)c1cccc2cc(-c3nc(-c4ccccc4)nc(-c4cccc(-c5ccccc5)c4)n3)ccc12. The second kappa shape index (κ2) is 9.78. The molecule has 6 heteroatoms. The third-order valence-corrected chi connectivity index (χ3v) is 6.35. The maximum atomic E-state index is 9.76. The first-order valence-electron chi connectivity index (χ1n) is 12.0. The summed E-state index contributed by atoms with van der Waals surface area (Å²) in [5.74, 6) is 1.72. The molecule has 37 heavy (non-hydrogen) atoms. The molecule has 2 N–H and O–H groups in total. The van der Waals surface area contributed by atoms with Gasteiger partial charge in [-0.2, -0.15) is 0 Å². The van der Waals surface area contributed by atoms with Crippen LogP contribution in [0.5, 0.6) is 0 Å². The van der Waals surface area contributed by atoms with E-state index in [4.69, 9.17) is 15.0 Å². The smallest absolute Gasteiger partial charge is 0.423 e. The molecule has 0 spiro atoms. The van der Waals surface area contributed by atoms with Gasteiger partial charge >= 0.3 is 7.12 Å². The first-order chi connectivity index (χ1) is 18.2. The predicted molar refractivity (Wildman–Crippen MR) is 149 cm³/mol. The first kappa shape index (κ1) is 22.8. The maximum absolute atomic E-state index is 9.76. The standard InChI is InChI=1S/C31H22BN3O2/c36-32(37)28-16-8-14-24-20-26(17-18-27(24)28)31-34-29(22-11-5-2-6-12-22)33-30(35-31)25-15-7-13-23(19-25)21-9-3-1-4-10-21/h1-20,36-37H. The molecule has 5 nitrogen and oxygen atoms in total. The molecule has 1 aromatic heterocycles. The van der Waals surface area contributed by atoms with E-state index >= 15 is 0 Å². The fourth-order valence-corrected chi connectivity index (χ4v) is 4.49. The van der Waals surface area contributed by atoms with E-state index in [1.807, 2.05) is 91.0 Å². The topological polar surface area (TPSA) is 79.1 Å². The van der Waals surface area contributed by atoms with Gasteiger partial charge in [-0.1, -0.05) is 109 Å². The minimum Gasteiger partial charge on any atom is -0.423 e. The molecule has 1 heterocycles. The van der Waals surface area contributed by atoms with Crippen molar-refractivity contribution in [1.82, 2.24) is 15.0 Å². The van der Waals surface area contributed by atoms with Crippen LogP contribution in [0.25, 0.3) is 56.1 Å². The summed E-state index contributed by atoms with van der Waals surface area (Å²) in [6.07, 6.45) is 0. The van der Waals surface area contributed by atoms with Crippen molar-refractivity contribution in [2.24, 2.45) is 0 Å². The highest BCUT2D eigenvalue weighted by atomic mass is 16.4. The Morgan fingerprint density at radius 3 is 1.65 bits per heavy atom. The molecule has 0 saturated heterocycles. The van der Waals surface area contributed by atoms with Crippen LogP contribution in [-0.2, 0) is 0 Å². The van der Waals surface area contributed by atoms with Crippen molar-refractivity contribution in [3.63, 3.8) is 0 Å². The lowest BCUT2D eigenvalue weighted by Gasteiger charge is -2.11.